The molecular weight excluding hydrogens is 181 g/mol. The van der Waals surface area contributed by atoms with E-state index in [2.05, 4.69) is 10.6 Å². The summed E-state index contributed by atoms with van der Waals surface area (Å²) in [6, 6.07) is -1.02. The predicted octanol–water partition coefficient (Wildman–Crippen LogP) is 0.889. The van der Waals surface area contributed by atoms with Gasteiger partial charge < -0.3 is 10.6 Å². The Kier molecular flexibility index (Phi) is 2.23. The van der Waals surface area contributed by atoms with Crippen molar-refractivity contribution in [2.75, 3.05) is 13.1 Å². The molecule has 0 aliphatic carbocycles. The molecule has 2 N–H and O–H groups in total. The third-order valence-corrected chi connectivity index (χ3v) is 3.01. The number of piperidine rings is 1. The van der Waals surface area contributed by atoms with Crippen LogP contribution in [0.1, 0.15) is 12.8 Å². The second-order valence-electron chi connectivity index (χ2n) is 3.85. The molecule has 13 heavy (non-hydrogen) atoms. The van der Waals surface area contributed by atoms with Crippen molar-refractivity contribution in [2.45, 2.75) is 31.1 Å². The normalized spacial score (nSPS) is 40.4. The number of halogens is 3. The van der Waals surface area contributed by atoms with Crippen LogP contribution in [-0.4, -0.2) is 31.3 Å². The summed E-state index contributed by atoms with van der Waals surface area (Å²) in [7, 11) is 0. The molecule has 0 bridgehead atoms. The number of rotatable bonds is 0. The Balaban J connectivity index is 1.97. The highest BCUT2D eigenvalue weighted by atomic mass is 19.4. The fraction of sp³-hybridized carbons (Fsp3) is 1.00. The average molecular weight is 194 g/mol. The zero-order chi connectivity index (χ0) is 9.47. The number of hydrogen-bond donors (Lipinski definition) is 2. The third kappa shape index (κ3) is 1.81. The number of hydrogen-bond acceptors (Lipinski definition) is 2. The zero-order valence-electron chi connectivity index (χ0n) is 7.19. The van der Waals surface area contributed by atoms with Crippen molar-refractivity contribution in [3.63, 3.8) is 0 Å². The molecule has 2 aliphatic heterocycles. The Hall–Kier alpha value is -0.290. The summed E-state index contributed by atoms with van der Waals surface area (Å²) >= 11 is 0. The van der Waals surface area contributed by atoms with Crippen LogP contribution >= 0.6 is 0 Å². The van der Waals surface area contributed by atoms with Gasteiger partial charge >= 0.3 is 6.18 Å². The van der Waals surface area contributed by atoms with Crippen LogP contribution in [0.4, 0.5) is 13.2 Å². The fourth-order valence-corrected chi connectivity index (χ4v) is 2.25. The van der Waals surface area contributed by atoms with Crippen molar-refractivity contribution >= 4 is 0 Å². The van der Waals surface area contributed by atoms with E-state index >= 15 is 0 Å². The van der Waals surface area contributed by atoms with Crippen molar-refractivity contribution in [3.05, 3.63) is 0 Å². The topological polar surface area (TPSA) is 24.1 Å². The smallest absolute Gasteiger partial charge is 0.312 e. The van der Waals surface area contributed by atoms with Gasteiger partial charge in [-0.15, -0.1) is 0 Å². The van der Waals surface area contributed by atoms with E-state index in [1.807, 2.05) is 0 Å². The van der Waals surface area contributed by atoms with Gasteiger partial charge in [-0.3, -0.25) is 0 Å². The Morgan fingerprint density at radius 1 is 1.15 bits per heavy atom. The Morgan fingerprint density at radius 2 is 1.92 bits per heavy atom. The van der Waals surface area contributed by atoms with Gasteiger partial charge in [-0.05, 0) is 25.3 Å². The summed E-state index contributed by atoms with van der Waals surface area (Å²) in [5.41, 5.74) is 0. The lowest BCUT2D eigenvalue weighted by Crippen LogP contribution is -2.54. The van der Waals surface area contributed by atoms with Crippen molar-refractivity contribution in [2.24, 2.45) is 5.92 Å². The highest BCUT2D eigenvalue weighted by Gasteiger charge is 2.45. The number of fused-ring (bicyclic) bond motifs is 1. The van der Waals surface area contributed by atoms with Crippen LogP contribution in [0.25, 0.3) is 0 Å². The van der Waals surface area contributed by atoms with Crippen LogP contribution in [0.15, 0.2) is 0 Å². The predicted molar refractivity (Wildman–Crippen MR) is 42.4 cm³/mol. The maximum atomic E-state index is 12.3. The molecule has 2 fully saturated rings. The summed E-state index contributed by atoms with van der Waals surface area (Å²) < 4.78 is 36.9. The van der Waals surface area contributed by atoms with E-state index in [-0.39, 0.29) is 18.4 Å². The minimum Gasteiger partial charge on any atom is -0.312 e. The SMILES string of the molecule is FC(F)(F)C1CC2CCNC2CN1. The first kappa shape index (κ1) is 9.27. The molecule has 0 aromatic heterocycles. The molecule has 0 aromatic carbocycles. The van der Waals surface area contributed by atoms with Gasteiger partial charge in [0.25, 0.3) is 0 Å². The summed E-state index contributed by atoms with van der Waals surface area (Å²) in [6.07, 6.45) is -2.95. The maximum Gasteiger partial charge on any atom is 0.403 e. The fourth-order valence-electron chi connectivity index (χ4n) is 2.25. The van der Waals surface area contributed by atoms with Gasteiger partial charge in [-0.2, -0.15) is 13.2 Å². The summed E-state index contributed by atoms with van der Waals surface area (Å²) in [5.74, 6) is 0.216. The number of alkyl halides is 3. The molecule has 0 saturated carbocycles. The van der Waals surface area contributed by atoms with Crippen molar-refractivity contribution in [3.8, 4) is 0 Å². The monoisotopic (exact) mass is 194 g/mol. The van der Waals surface area contributed by atoms with Gasteiger partial charge in [-0.1, -0.05) is 0 Å². The van der Waals surface area contributed by atoms with Crippen LogP contribution in [-0.2, 0) is 0 Å². The van der Waals surface area contributed by atoms with E-state index in [1.165, 1.54) is 0 Å². The summed E-state index contributed by atoms with van der Waals surface area (Å²) in [6.45, 7) is 1.32. The Labute approximate surface area is 74.9 Å². The zero-order valence-corrected chi connectivity index (χ0v) is 7.19. The molecule has 2 rings (SSSR count). The highest BCUT2D eigenvalue weighted by molar-refractivity contribution is 4.95. The van der Waals surface area contributed by atoms with E-state index in [0.717, 1.165) is 13.0 Å². The minimum atomic E-state index is -4.08. The van der Waals surface area contributed by atoms with E-state index in [1.54, 1.807) is 0 Å². The molecule has 3 unspecified atom stereocenters. The van der Waals surface area contributed by atoms with Gasteiger partial charge in [-0.25, -0.2) is 0 Å². The molecule has 0 spiro atoms. The van der Waals surface area contributed by atoms with Crippen LogP contribution in [0.3, 0.4) is 0 Å². The number of nitrogens with one attached hydrogen (secondary N) is 2. The molecular formula is C8H13F3N2. The second kappa shape index (κ2) is 3.13. The van der Waals surface area contributed by atoms with E-state index in [0.29, 0.717) is 6.54 Å². The second-order valence-corrected chi connectivity index (χ2v) is 3.85. The maximum absolute atomic E-state index is 12.3. The average Bonchev–Trinajstić information content (AvgIpc) is 2.47. The molecule has 3 atom stereocenters. The summed E-state index contributed by atoms with van der Waals surface area (Å²) in [4.78, 5) is 0. The first-order valence-electron chi connectivity index (χ1n) is 4.61. The quantitative estimate of drug-likeness (QED) is 0.598. The molecule has 2 saturated heterocycles. The molecule has 0 amide bonds. The Morgan fingerprint density at radius 3 is 2.62 bits per heavy atom. The molecule has 76 valence electrons. The van der Waals surface area contributed by atoms with Crippen molar-refractivity contribution in [1.82, 2.24) is 10.6 Å². The highest BCUT2D eigenvalue weighted by Crippen LogP contribution is 2.32. The van der Waals surface area contributed by atoms with Gasteiger partial charge in [0.1, 0.15) is 6.04 Å². The molecule has 2 nitrogen and oxygen atoms in total. The third-order valence-electron chi connectivity index (χ3n) is 3.01. The Bertz CT molecular complexity index is 192. The summed E-state index contributed by atoms with van der Waals surface area (Å²) in [5, 5.41) is 5.74. The van der Waals surface area contributed by atoms with Crippen molar-refractivity contribution < 1.29 is 13.2 Å². The lowest BCUT2D eigenvalue weighted by atomic mass is 9.89. The molecule has 2 heterocycles. The van der Waals surface area contributed by atoms with Gasteiger partial charge in [0, 0.05) is 12.6 Å². The lowest BCUT2D eigenvalue weighted by Gasteiger charge is -2.33. The van der Waals surface area contributed by atoms with Gasteiger partial charge in [0.15, 0.2) is 0 Å². The standard InChI is InChI=1S/C8H13F3N2/c9-8(10,11)7-3-5-1-2-12-6(5)4-13-7/h5-7,12-13H,1-4H2. The van der Waals surface area contributed by atoms with E-state index in [9.17, 15) is 13.2 Å². The molecule has 0 radical (unpaired) electrons. The first-order chi connectivity index (χ1) is 6.07. The van der Waals surface area contributed by atoms with Gasteiger partial charge in [0.05, 0.1) is 0 Å². The van der Waals surface area contributed by atoms with E-state index in [4.69, 9.17) is 0 Å². The van der Waals surface area contributed by atoms with E-state index < -0.39 is 12.2 Å². The van der Waals surface area contributed by atoms with Crippen LogP contribution in [0, 0.1) is 5.92 Å². The van der Waals surface area contributed by atoms with Crippen LogP contribution in [0.2, 0.25) is 0 Å². The van der Waals surface area contributed by atoms with Crippen molar-refractivity contribution in [1.29, 1.82) is 0 Å². The molecule has 2 aliphatic rings. The largest absolute Gasteiger partial charge is 0.403 e. The molecule has 5 heteroatoms. The minimum absolute atomic E-state index is 0.216. The van der Waals surface area contributed by atoms with Gasteiger partial charge in [0.2, 0.25) is 0 Å². The first-order valence-corrected chi connectivity index (χ1v) is 4.61. The van der Waals surface area contributed by atoms with Crippen LogP contribution < -0.4 is 10.6 Å². The van der Waals surface area contributed by atoms with Crippen LogP contribution in [0.5, 0.6) is 0 Å². The lowest BCUT2D eigenvalue weighted by molar-refractivity contribution is -0.164. The molecule has 0 aromatic rings.